The molecule has 0 spiro atoms. The Bertz CT molecular complexity index is 466. The van der Waals surface area contributed by atoms with Gasteiger partial charge in [-0.2, -0.15) is 11.8 Å². The minimum absolute atomic E-state index is 0.729. The topological polar surface area (TPSA) is 15.3 Å². The van der Waals surface area contributed by atoms with Crippen molar-refractivity contribution >= 4 is 17.4 Å². The predicted octanol–water partition coefficient (Wildman–Crippen LogP) is 3.83. The Morgan fingerprint density at radius 2 is 2.05 bits per heavy atom. The van der Waals surface area contributed by atoms with Crippen molar-refractivity contribution in [2.24, 2.45) is 0 Å². The summed E-state index contributed by atoms with van der Waals surface area (Å²) >= 11 is 2.05. The van der Waals surface area contributed by atoms with E-state index in [0.29, 0.717) is 0 Å². The number of aryl methyl sites for hydroxylation is 1. The molecule has 1 aromatic rings. The quantitative estimate of drug-likeness (QED) is 0.910. The van der Waals surface area contributed by atoms with Gasteiger partial charge in [0.2, 0.25) is 0 Å². The van der Waals surface area contributed by atoms with E-state index in [4.69, 9.17) is 0 Å². The first-order valence-corrected chi connectivity index (χ1v) is 9.64. The van der Waals surface area contributed by atoms with Gasteiger partial charge < -0.3 is 10.2 Å². The molecular weight excluding hydrogens is 276 g/mol. The van der Waals surface area contributed by atoms with Crippen LogP contribution in [-0.4, -0.2) is 31.1 Å². The lowest BCUT2D eigenvalue weighted by Gasteiger charge is -2.29. The average molecular weight is 305 g/mol. The molecule has 0 aromatic heterocycles. The van der Waals surface area contributed by atoms with Crippen LogP contribution in [0, 0.1) is 0 Å². The molecule has 1 aliphatic heterocycles. The van der Waals surface area contributed by atoms with Gasteiger partial charge in [-0.05, 0) is 62.0 Å². The molecule has 0 amide bonds. The number of hydrogen-bond acceptors (Lipinski definition) is 3. The summed E-state index contributed by atoms with van der Waals surface area (Å²) < 4.78 is 0. The van der Waals surface area contributed by atoms with Crippen LogP contribution >= 0.6 is 11.8 Å². The molecular formula is C18H28N2S. The molecule has 2 aliphatic rings. The average Bonchev–Trinajstić information content (AvgIpc) is 2.53. The van der Waals surface area contributed by atoms with Crippen LogP contribution in [0.4, 0.5) is 5.69 Å². The summed E-state index contributed by atoms with van der Waals surface area (Å²) in [6.45, 7) is 2.23. The van der Waals surface area contributed by atoms with E-state index in [9.17, 15) is 0 Å². The molecule has 1 aromatic carbocycles. The van der Waals surface area contributed by atoms with Gasteiger partial charge in [0.25, 0.3) is 0 Å². The second kappa shape index (κ2) is 7.06. The summed E-state index contributed by atoms with van der Waals surface area (Å²) in [5.41, 5.74) is 4.43. The number of rotatable bonds is 4. The van der Waals surface area contributed by atoms with Gasteiger partial charge in [-0.1, -0.05) is 12.1 Å². The summed E-state index contributed by atoms with van der Waals surface area (Å²) in [5, 5.41) is 4.68. The van der Waals surface area contributed by atoms with Gasteiger partial charge in [-0.3, -0.25) is 0 Å². The summed E-state index contributed by atoms with van der Waals surface area (Å²) in [6.07, 6.45) is 10.2. The zero-order valence-corrected chi connectivity index (χ0v) is 14.2. The van der Waals surface area contributed by atoms with Crippen LogP contribution in [0.2, 0.25) is 0 Å². The highest BCUT2D eigenvalue weighted by Crippen LogP contribution is 2.28. The molecule has 21 heavy (non-hydrogen) atoms. The lowest BCUT2D eigenvalue weighted by molar-refractivity contribution is 0.379. The van der Waals surface area contributed by atoms with E-state index in [1.807, 2.05) is 11.8 Å². The van der Waals surface area contributed by atoms with E-state index in [1.165, 1.54) is 61.9 Å². The minimum Gasteiger partial charge on any atom is -0.374 e. The van der Waals surface area contributed by atoms with Crippen LogP contribution in [0.25, 0.3) is 0 Å². The van der Waals surface area contributed by atoms with Gasteiger partial charge in [0, 0.05) is 37.1 Å². The third kappa shape index (κ3) is 3.75. The van der Waals surface area contributed by atoms with Crippen molar-refractivity contribution in [3.05, 3.63) is 29.3 Å². The van der Waals surface area contributed by atoms with Crippen molar-refractivity contribution in [1.29, 1.82) is 0 Å². The number of hydrogen-bond donors (Lipinski definition) is 1. The lowest BCUT2D eigenvalue weighted by atomic mass is 9.94. The van der Waals surface area contributed by atoms with Gasteiger partial charge in [0.1, 0.15) is 0 Å². The van der Waals surface area contributed by atoms with Crippen molar-refractivity contribution in [2.45, 2.75) is 56.4 Å². The van der Waals surface area contributed by atoms with Crippen molar-refractivity contribution in [1.82, 2.24) is 5.32 Å². The normalized spacial score (nSPS) is 25.7. The minimum atomic E-state index is 0.729. The number of nitrogens with zero attached hydrogens (tertiary/aromatic N) is 1. The molecule has 116 valence electrons. The summed E-state index contributed by atoms with van der Waals surface area (Å²) in [7, 11) is 2.21. The highest BCUT2D eigenvalue weighted by Gasteiger charge is 2.20. The molecule has 1 N–H and O–H groups in total. The Morgan fingerprint density at radius 1 is 1.24 bits per heavy atom. The van der Waals surface area contributed by atoms with Crippen LogP contribution in [-0.2, 0) is 13.0 Å². The van der Waals surface area contributed by atoms with Crippen molar-refractivity contribution in [2.75, 3.05) is 24.7 Å². The molecule has 1 fully saturated rings. The fourth-order valence-corrected chi connectivity index (χ4v) is 4.46. The summed E-state index contributed by atoms with van der Waals surface area (Å²) in [4.78, 5) is 2.39. The molecule has 3 heteroatoms. The Balaban J connectivity index is 1.54. The van der Waals surface area contributed by atoms with Crippen molar-refractivity contribution < 1.29 is 0 Å². The zero-order chi connectivity index (χ0) is 14.7. The number of benzene rings is 1. The van der Waals surface area contributed by atoms with Crippen molar-refractivity contribution in [3.63, 3.8) is 0 Å². The van der Waals surface area contributed by atoms with Crippen LogP contribution in [0.3, 0.4) is 0 Å². The molecule has 1 saturated carbocycles. The number of anilines is 1. The van der Waals surface area contributed by atoms with Gasteiger partial charge in [0.15, 0.2) is 0 Å². The molecule has 1 aliphatic carbocycles. The monoisotopic (exact) mass is 304 g/mol. The van der Waals surface area contributed by atoms with Crippen LogP contribution in [0.1, 0.15) is 43.2 Å². The second-order valence-electron chi connectivity index (χ2n) is 6.58. The highest BCUT2D eigenvalue weighted by molar-refractivity contribution is 7.99. The van der Waals surface area contributed by atoms with Crippen LogP contribution in [0.15, 0.2) is 18.2 Å². The molecule has 1 heterocycles. The van der Waals surface area contributed by atoms with Gasteiger partial charge >= 0.3 is 0 Å². The maximum Gasteiger partial charge on any atom is 0.0396 e. The molecule has 0 saturated heterocycles. The number of fused-ring (bicyclic) bond motifs is 1. The third-order valence-electron chi connectivity index (χ3n) is 5.10. The van der Waals surface area contributed by atoms with Gasteiger partial charge in [-0.25, -0.2) is 0 Å². The molecule has 0 unspecified atom stereocenters. The first-order chi connectivity index (χ1) is 10.3. The summed E-state index contributed by atoms with van der Waals surface area (Å²) in [6, 6.07) is 7.77. The molecule has 0 bridgehead atoms. The second-order valence-corrected chi connectivity index (χ2v) is 7.72. The molecule has 2 nitrogen and oxygen atoms in total. The maximum absolute atomic E-state index is 3.78. The van der Waals surface area contributed by atoms with E-state index in [0.717, 1.165) is 17.8 Å². The fourth-order valence-electron chi connectivity index (χ4n) is 3.71. The van der Waals surface area contributed by atoms with E-state index in [-0.39, 0.29) is 0 Å². The van der Waals surface area contributed by atoms with Crippen LogP contribution in [0.5, 0.6) is 0 Å². The van der Waals surface area contributed by atoms with E-state index < -0.39 is 0 Å². The third-order valence-corrected chi connectivity index (χ3v) is 6.24. The zero-order valence-electron chi connectivity index (χ0n) is 13.4. The van der Waals surface area contributed by atoms with Gasteiger partial charge in [-0.15, -0.1) is 0 Å². The predicted molar refractivity (Wildman–Crippen MR) is 94.4 cm³/mol. The Morgan fingerprint density at radius 3 is 2.81 bits per heavy atom. The number of thioether (sulfide) groups is 1. The van der Waals surface area contributed by atoms with E-state index >= 15 is 0 Å². The molecule has 0 radical (unpaired) electrons. The lowest BCUT2D eigenvalue weighted by Crippen LogP contribution is -2.33. The molecule has 0 atom stereocenters. The standard InChI is InChI=1S/C18H28N2S/c1-20-11-3-4-15-12-14(5-10-18(15)20)13-19-16-6-8-17(21-2)9-7-16/h5,10,12,16-17,19H,3-4,6-9,11,13H2,1-2H3. The largest absolute Gasteiger partial charge is 0.374 e. The highest BCUT2D eigenvalue weighted by atomic mass is 32.2. The number of nitrogens with one attached hydrogen (secondary N) is 1. The SMILES string of the molecule is CSC1CCC(NCc2ccc3c(c2)CCCN3C)CC1. The first-order valence-electron chi connectivity index (χ1n) is 8.35. The molecule has 3 rings (SSSR count). The summed E-state index contributed by atoms with van der Waals surface area (Å²) in [5.74, 6) is 0. The fraction of sp³-hybridized carbons (Fsp3) is 0.667. The van der Waals surface area contributed by atoms with Crippen LogP contribution < -0.4 is 10.2 Å². The smallest absolute Gasteiger partial charge is 0.0396 e. The Kier molecular flexibility index (Phi) is 5.12. The van der Waals surface area contributed by atoms with E-state index in [2.05, 4.69) is 41.7 Å². The Labute approximate surface area is 133 Å². The van der Waals surface area contributed by atoms with E-state index in [1.54, 1.807) is 0 Å². The Hall–Kier alpha value is -0.670. The van der Waals surface area contributed by atoms with Crippen molar-refractivity contribution in [3.8, 4) is 0 Å². The first kappa shape index (κ1) is 15.2. The van der Waals surface area contributed by atoms with Gasteiger partial charge in [0.05, 0.1) is 0 Å². The maximum atomic E-state index is 3.78.